The largest absolute Gasteiger partial charge is 0.457 e. The fourth-order valence-electron chi connectivity index (χ4n) is 1.16. The summed E-state index contributed by atoms with van der Waals surface area (Å²) in [5, 5.41) is 0. The van der Waals surface area contributed by atoms with Crippen LogP contribution in [0.15, 0.2) is 24.3 Å². The van der Waals surface area contributed by atoms with Gasteiger partial charge in [0, 0.05) is 7.11 Å². The van der Waals surface area contributed by atoms with Crippen molar-refractivity contribution in [3.63, 3.8) is 0 Å². The fourth-order valence-corrected chi connectivity index (χ4v) is 1.16. The standard InChI is InChI=1S/C12H15O3/c1-9-4-6-11(7-5-9)12(13)15-10(2)8-14-3/h4-7,10H,1,8H2,2-3H3. The molecule has 0 aliphatic rings. The number of rotatable bonds is 4. The van der Waals surface area contributed by atoms with Gasteiger partial charge in [-0.2, -0.15) is 0 Å². The molecule has 3 heteroatoms. The molecule has 0 aromatic heterocycles. The van der Waals surface area contributed by atoms with E-state index >= 15 is 0 Å². The van der Waals surface area contributed by atoms with Crippen molar-refractivity contribution >= 4 is 5.97 Å². The summed E-state index contributed by atoms with van der Waals surface area (Å²) in [5.74, 6) is -0.334. The Morgan fingerprint density at radius 3 is 2.53 bits per heavy atom. The van der Waals surface area contributed by atoms with E-state index < -0.39 is 0 Å². The number of hydrogen-bond donors (Lipinski definition) is 0. The molecule has 0 N–H and O–H groups in total. The fraction of sp³-hybridized carbons (Fsp3) is 0.333. The molecule has 81 valence electrons. The molecule has 0 spiro atoms. The van der Waals surface area contributed by atoms with Gasteiger partial charge in [0.25, 0.3) is 0 Å². The van der Waals surface area contributed by atoms with Crippen LogP contribution in [0.25, 0.3) is 0 Å². The Hall–Kier alpha value is -1.35. The molecular weight excluding hydrogens is 192 g/mol. The summed E-state index contributed by atoms with van der Waals surface area (Å²) >= 11 is 0. The van der Waals surface area contributed by atoms with Gasteiger partial charge in [0.15, 0.2) is 0 Å². The molecule has 15 heavy (non-hydrogen) atoms. The minimum absolute atomic E-state index is 0.234. The van der Waals surface area contributed by atoms with E-state index in [9.17, 15) is 4.79 Å². The molecule has 0 aliphatic carbocycles. The van der Waals surface area contributed by atoms with Crippen molar-refractivity contribution in [2.45, 2.75) is 13.0 Å². The van der Waals surface area contributed by atoms with Gasteiger partial charge in [0.2, 0.25) is 0 Å². The Bertz CT molecular complexity index is 316. The summed E-state index contributed by atoms with van der Waals surface area (Å²) in [4.78, 5) is 11.5. The maximum absolute atomic E-state index is 11.5. The highest BCUT2D eigenvalue weighted by Crippen LogP contribution is 2.06. The molecular formula is C12H15O3. The summed E-state index contributed by atoms with van der Waals surface area (Å²) < 4.78 is 10.0. The van der Waals surface area contributed by atoms with E-state index in [1.165, 1.54) is 0 Å². The van der Waals surface area contributed by atoms with E-state index in [1.807, 2.05) is 0 Å². The van der Waals surface area contributed by atoms with Crippen molar-refractivity contribution in [2.75, 3.05) is 13.7 Å². The molecule has 1 atom stereocenters. The highest BCUT2D eigenvalue weighted by Gasteiger charge is 2.10. The normalized spacial score (nSPS) is 12.2. The lowest BCUT2D eigenvalue weighted by Crippen LogP contribution is -2.19. The van der Waals surface area contributed by atoms with Crippen molar-refractivity contribution in [3.05, 3.63) is 42.3 Å². The van der Waals surface area contributed by atoms with Gasteiger partial charge in [-0.15, -0.1) is 0 Å². The van der Waals surface area contributed by atoms with E-state index in [0.717, 1.165) is 5.56 Å². The molecule has 0 saturated carbocycles. The number of carbonyl (C=O) groups is 1. The Labute approximate surface area is 90.0 Å². The molecule has 3 nitrogen and oxygen atoms in total. The van der Waals surface area contributed by atoms with Crippen LogP contribution in [0.3, 0.4) is 0 Å². The van der Waals surface area contributed by atoms with E-state index in [-0.39, 0.29) is 12.1 Å². The Morgan fingerprint density at radius 1 is 1.40 bits per heavy atom. The van der Waals surface area contributed by atoms with Crippen molar-refractivity contribution in [2.24, 2.45) is 0 Å². The van der Waals surface area contributed by atoms with Crippen molar-refractivity contribution < 1.29 is 14.3 Å². The first-order valence-corrected chi connectivity index (χ1v) is 4.75. The summed E-state index contributed by atoms with van der Waals surface area (Å²) in [5.41, 5.74) is 1.40. The molecule has 1 aromatic rings. The van der Waals surface area contributed by atoms with Crippen LogP contribution in [0, 0.1) is 6.92 Å². The first kappa shape index (κ1) is 11.7. The lowest BCUT2D eigenvalue weighted by Gasteiger charge is -2.11. The Kier molecular flexibility index (Phi) is 4.31. The summed E-state index contributed by atoms with van der Waals surface area (Å²) in [6.07, 6.45) is -0.234. The molecule has 1 radical (unpaired) electrons. The third-order valence-electron chi connectivity index (χ3n) is 1.90. The van der Waals surface area contributed by atoms with Crippen LogP contribution in [0.4, 0.5) is 0 Å². The van der Waals surface area contributed by atoms with Crippen LogP contribution < -0.4 is 0 Å². The van der Waals surface area contributed by atoms with Gasteiger partial charge in [-0.3, -0.25) is 0 Å². The van der Waals surface area contributed by atoms with Crippen molar-refractivity contribution in [1.82, 2.24) is 0 Å². The zero-order chi connectivity index (χ0) is 11.3. The number of hydrogen-bond acceptors (Lipinski definition) is 3. The molecule has 0 bridgehead atoms. The Morgan fingerprint density at radius 2 is 2.00 bits per heavy atom. The molecule has 1 unspecified atom stereocenters. The molecule has 0 saturated heterocycles. The molecule has 0 heterocycles. The van der Waals surface area contributed by atoms with Crippen LogP contribution in [-0.2, 0) is 9.47 Å². The van der Waals surface area contributed by atoms with E-state index in [1.54, 1.807) is 38.3 Å². The zero-order valence-corrected chi connectivity index (χ0v) is 9.03. The zero-order valence-electron chi connectivity index (χ0n) is 9.03. The molecule has 1 rings (SSSR count). The maximum Gasteiger partial charge on any atom is 0.338 e. The van der Waals surface area contributed by atoms with E-state index in [4.69, 9.17) is 9.47 Å². The smallest absolute Gasteiger partial charge is 0.338 e. The van der Waals surface area contributed by atoms with E-state index in [2.05, 4.69) is 6.92 Å². The minimum atomic E-state index is -0.334. The van der Waals surface area contributed by atoms with E-state index in [0.29, 0.717) is 12.2 Å². The predicted octanol–water partition coefficient (Wildman–Crippen LogP) is 2.06. The quantitative estimate of drug-likeness (QED) is 0.709. The maximum atomic E-state index is 11.5. The second-order valence-corrected chi connectivity index (χ2v) is 3.37. The first-order valence-electron chi connectivity index (χ1n) is 4.75. The average molecular weight is 207 g/mol. The van der Waals surface area contributed by atoms with Gasteiger partial charge in [0.1, 0.15) is 6.10 Å². The first-order chi connectivity index (χ1) is 7.13. The molecule has 0 amide bonds. The highest BCUT2D eigenvalue weighted by molar-refractivity contribution is 5.89. The SMILES string of the molecule is [CH2]c1ccc(C(=O)OC(C)COC)cc1. The number of esters is 1. The summed E-state index contributed by atoms with van der Waals surface area (Å²) in [7, 11) is 1.57. The van der Waals surface area contributed by atoms with Gasteiger partial charge < -0.3 is 9.47 Å². The summed E-state index contributed by atoms with van der Waals surface area (Å²) in [6.45, 7) is 5.93. The predicted molar refractivity (Wildman–Crippen MR) is 57.7 cm³/mol. The second kappa shape index (κ2) is 5.51. The second-order valence-electron chi connectivity index (χ2n) is 3.37. The van der Waals surface area contributed by atoms with Crippen LogP contribution in [0.5, 0.6) is 0 Å². The van der Waals surface area contributed by atoms with Crippen molar-refractivity contribution in [3.8, 4) is 0 Å². The molecule has 0 fully saturated rings. The third kappa shape index (κ3) is 3.72. The topological polar surface area (TPSA) is 35.5 Å². The number of ether oxygens (including phenoxy) is 2. The van der Waals surface area contributed by atoms with Gasteiger partial charge >= 0.3 is 5.97 Å². The van der Waals surface area contributed by atoms with Gasteiger partial charge in [-0.1, -0.05) is 12.1 Å². The van der Waals surface area contributed by atoms with Gasteiger partial charge in [-0.25, -0.2) is 4.79 Å². The van der Waals surface area contributed by atoms with Crippen LogP contribution in [0.1, 0.15) is 22.8 Å². The minimum Gasteiger partial charge on any atom is -0.457 e. The van der Waals surface area contributed by atoms with Crippen LogP contribution in [-0.4, -0.2) is 25.8 Å². The monoisotopic (exact) mass is 207 g/mol. The lowest BCUT2D eigenvalue weighted by atomic mass is 10.1. The average Bonchev–Trinajstić information content (AvgIpc) is 2.18. The summed E-state index contributed by atoms with van der Waals surface area (Å²) in [6, 6.07) is 6.95. The van der Waals surface area contributed by atoms with Crippen LogP contribution in [0.2, 0.25) is 0 Å². The van der Waals surface area contributed by atoms with Crippen molar-refractivity contribution in [1.29, 1.82) is 0 Å². The number of carbonyl (C=O) groups excluding carboxylic acids is 1. The molecule has 0 aliphatic heterocycles. The number of benzene rings is 1. The third-order valence-corrected chi connectivity index (χ3v) is 1.90. The van der Waals surface area contributed by atoms with Crippen LogP contribution >= 0.6 is 0 Å². The van der Waals surface area contributed by atoms with Gasteiger partial charge in [-0.05, 0) is 31.5 Å². The lowest BCUT2D eigenvalue weighted by molar-refractivity contribution is 0.0120. The van der Waals surface area contributed by atoms with Gasteiger partial charge in [0.05, 0.1) is 12.2 Å². The number of methoxy groups -OCH3 is 1. The highest BCUT2D eigenvalue weighted by atomic mass is 16.6. The Balaban J connectivity index is 2.57. The molecule has 1 aromatic carbocycles.